The number of carbonyl (C=O) groups excluding carboxylic acids is 1. The summed E-state index contributed by atoms with van der Waals surface area (Å²) in [7, 11) is 0. The molecule has 0 fully saturated rings. The van der Waals surface area contributed by atoms with Crippen LogP contribution in [0.2, 0.25) is 0 Å². The lowest BCUT2D eigenvalue weighted by atomic mass is 10.1. The number of aryl methyl sites for hydroxylation is 3. The van der Waals surface area contributed by atoms with Gasteiger partial charge < -0.3 is 4.74 Å². The number of hydrogen-bond donors (Lipinski definition) is 0. The molecule has 29 heavy (non-hydrogen) atoms. The third-order valence-corrected chi connectivity index (χ3v) is 4.97. The van der Waals surface area contributed by atoms with Crippen molar-refractivity contribution in [3.63, 3.8) is 0 Å². The van der Waals surface area contributed by atoms with Crippen LogP contribution in [-0.4, -0.2) is 50.1 Å². The SMILES string of the molecule is CCN(CC)[C@H](C(=O)OCCCc1nc2nc(C)cc(C)n2n1)c1ccccc1. The minimum Gasteiger partial charge on any atom is -0.464 e. The second kappa shape index (κ2) is 9.60. The molecule has 1 atom stereocenters. The Kier molecular flexibility index (Phi) is 6.93. The summed E-state index contributed by atoms with van der Waals surface area (Å²) in [5.74, 6) is 1.11. The standard InChI is InChI=1S/C22H29N5O2/c1-5-26(6-2)20(18-11-8-7-9-12-18)21(28)29-14-10-13-19-24-22-23-16(3)15-17(4)27(22)25-19/h7-9,11-12,15,20H,5-6,10,13-14H2,1-4H3/t20-/m0/s1. The predicted molar refractivity (Wildman–Crippen MR) is 112 cm³/mol. The summed E-state index contributed by atoms with van der Waals surface area (Å²) in [6, 6.07) is 11.4. The highest BCUT2D eigenvalue weighted by atomic mass is 16.5. The monoisotopic (exact) mass is 395 g/mol. The first-order valence-electron chi connectivity index (χ1n) is 10.2. The van der Waals surface area contributed by atoms with Crippen molar-refractivity contribution in [1.82, 2.24) is 24.5 Å². The molecule has 0 spiro atoms. The van der Waals surface area contributed by atoms with Crippen LogP contribution in [0.15, 0.2) is 36.4 Å². The second-order valence-corrected chi connectivity index (χ2v) is 7.08. The average molecular weight is 396 g/mol. The molecule has 0 bridgehead atoms. The first-order chi connectivity index (χ1) is 14.0. The van der Waals surface area contributed by atoms with Crippen LogP contribution in [0.1, 0.15) is 49.1 Å². The van der Waals surface area contributed by atoms with Crippen LogP contribution >= 0.6 is 0 Å². The van der Waals surface area contributed by atoms with E-state index in [1.165, 1.54) is 0 Å². The third kappa shape index (κ3) is 4.98. The fraction of sp³-hybridized carbons (Fsp3) is 0.455. The Morgan fingerprint density at radius 3 is 2.55 bits per heavy atom. The Morgan fingerprint density at radius 2 is 1.86 bits per heavy atom. The van der Waals surface area contributed by atoms with E-state index < -0.39 is 0 Å². The lowest BCUT2D eigenvalue weighted by molar-refractivity contribution is -0.150. The Morgan fingerprint density at radius 1 is 1.14 bits per heavy atom. The number of rotatable bonds is 9. The lowest BCUT2D eigenvalue weighted by Gasteiger charge is -2.28. The molecule has 0 aliphatic carbocycles. The van der Waals surface area contributed by atoms with Gasteiger partial charge in [0, 0.05) is 17.8 Å². The largest absolute Gasteiger partial charge is 0.464 e. The summed E-state index contributed by atoms with van der Waals surface area (Å²) < 4.78 is 7.37. The maximum absolute atomic E-state index is 12.8. The molecule has 2 aromatic heterocycles. The van der Waals surface area contributed by atoms with Crippen molar-refractivity contribution in [2.75, 3.05) is 19.7 Å². The molecule has 7 heteroatoms. The lowest BCUT2D eigenvalue weighted by Crippen LogP contribution is -2.35. The van der Waals surface area contributed by atoms with E-state index in [0.717, 1.165) is 30.0 Å². The van der Waals surface area contributed by atoms with E-state index in [-0.39, 0.29) is 12.0 Å². The van der Waals surface area contributed by atoms with E-state index in [9.17, 15) is 4.79 Å². The molecule has 154 valence electrons. The minimum absolute atomic E-state index is 0.212. The second-order valence-electron chi connectivity index (χ2n) is 7.08. The predicted octanol–water partition coefficient (Wildman–Crippen LogP) is 3.30. The third-order valence-electron chi connectivity index (χ3n) is 4.97. The first-order valence-corrected chi connectivity index (χ1v) is 10.2. The Bertz CT molecular complexity index is 950. The molecular weight excluding hydrogens is 366 g/mol. The van der Waals surface area contributed by atoms with Gasteiger partial charge in [0.1, 0.15) is 6.04 Å². The van der Waals surface area contributed by atoms with E-state index in [2.05, 4.69) is 33.8 Å². The summed E-state index contributed by atoms with van der Waals surface area (Å²) in [6.45, 7) is 9.94. The van der Waals surface area contributed by atoms with Crippen molar-refractivity contribution in [2.24, 2.45) is 0 Å². The fourth-order valence-corrected chi connectivity index (χ4v) is 3.52. The zero-order valence-electron chi connectivity index (χ0n) is 17.6. The fourth-order valence-electron chi connectivity index (χ4n) is 3.52. The summed E-state index contributed by atoms with van der Waals surface area (Å²) >= 11 is 0. The molecule has 0 aliphatic heterocycles. The topological polar surface area (TPSA) is 72.6 Å². The smallest absolute Gasteiger partial charge is 0.328 e. The number of benzene rings is 1. The van der Waals surface area contributed by atoms with Crippen LogP contribution < -0.4 is 0 Å². The highest BCUT2D eigenvalue weighted by Crippen LogP contribution is 2.22. The molecule has 1 aromatic carbocycles. The number of hydrogen-bond acceptors (Lipinski definition) is 6. The van der Waals surface area contributed by atoms with Crippen molar-refractivity contribution < 1.29 is 9.53 Å². The summed E-state index contributed by atoms with van der Waals surface area (Å²) in [5.41, 5.74) is 2.88. The summed E-state index contributed by atoms with van der Waals surface area (Å²) in [5, 5.41) is 4.50. The zero-order valence-corrected chi connectivity index (χ0v) is 17.6. The van der Waals surface area contributed by atoms with Crippen molar-refractivity contribution >= 4 is 11.7 Å². The number of esters is 1. The molecule has 3 rings (SSSR count). The Hall–Kier alpha value is -2.80. The highest BCUT2D eigenvalue weighted by Gasteiger charge is 2.27. The van der Waals surface area contributed by atoms with Crippen LogP contribution in [0.25, 0.3) is 5.78 Å². The molecule has 0 radical (unpaired) electrons. The number of ether oxygens (including phenoxy) is 1. The summed E-state index contributed by atoms with van der Waals surface area (Å²) in [4.78, 5) is 23.8. The van der Waals surface area contributed by atoms with Gasteiger partial charge in [-0.1, -0.05) is 44.2 Å². The van der Waals surface area contributed by atoms with Crippen molar-refractivity contribution in [2.45, 2.75) is 46.6 Å². The van der Waals surface area contributed by atoms with Gasteiger partial charge in [0.25, 0.3) is 5.78 Å². The molecule has 0 saturated heterocycles. The van der Waals surface area contributed by atoms with E-state index in [1.807, 2.05) is 50.2 Å². The van der Waals surface area contributed by atoms with Crippen LogP contribution in [0.4, 0.5) is 0 Å². The molecule has 0 N–H and O–H groups in total. The van der Waals surface area contributed by atoms with Gasteiger partial charge in [-0.15, -0.1) is 5.10 Å². The van der Waals surface area contributed by atoms with Crippen LogP contribution in [0, 0.1) is 13.8 Å². The molecule has 7 nitrogen and oxygen atoms in total. The highest BCUT2D eigenvalue weighted by molar-refractivity contribution is 5.77. The van der Waals surface area contributed by atoms with Gasteiger partial charge in [-0.25, -0.2) is 14.3 Å². The van der Waals surface area contributed by atoms with Crippen LogP contribution in [-0.2, 0) is 16.0 Å². The molecule has 0 amide bonds. The quantitative estimate of drug-likeness (QED) is 0.409. The van der Waals surface area contributed by atoms with Crippen molar-refractivity contribution in [3.8, 4) is 0 Å². The molecule has 2 heterocycles. The van der Waals surface area contributed by atoms with Gasteiger partial charge >= 0.3 is 5.97 Å². The van der Waals surface area contributed by atoms with E-state index in [1.54, 1.807) is 4.52 Å². The van der Waals surface area contributed by atoms with Gasteiger partial charge in [-0.05, 0) is 45.0 Å². The zero-order chi connectivity index (χ0) is 20.8. The van der Waals surface area contributed by atoms with Gasteiger partial charge in [0.2, 0.25) is 0 Å². The Labute approximate surface area is 171 Å². The maximum Gasteiger partial charge on any atom is 0.328 e. The normalized spacial score (nSPS) is 12.4. The van der Waals surface area contributed by atoms with Crippen molar-refractivity contribution in [3.05, 3.63) is 59.2 Å². The van der Waals surface area contributed by atoms with E-state index >= 15 is 0 Å². The van der Waals surface area contributed by atoms with Crippen LogP contribution in [0.5, 0.6) is 0 Å². The molecule has 3 aromatic rings. The molecule has 0 unspecified atom stereocenters. The first kappa shape index (κ1) is 20.9. The van der Waals surface area contributed by atoms with Gasteiger partial charge in [0.05, 0.1) is 6.61 Å². The maximum atomic E-state index is 12.8. The molecular formula is C22H29N5O2. The average Bonchev–Trinajstić information content (AvgIpc) is 3.13. The van der Waals surface area contributed by atoms with Gasteiger partial charge in [-0.3, -0.25) is 4.90 Å². The van der Waals surface area contributed by atoms with E-state index in [0.29, 0.717) is 31.1 Å². The minimum atomic E-state index is -0.380. The number of nitrogens with zero attached hydrogens (tertiary/aromatic N) is 5. The van der Waals surface area contributed by atoms with Crippen molar-refractivity contribution in [1.29, 1.82) is 0 Å². The summed E-state index contributed by atoms with van der Waals surface area (Å²) in [6.07, 6.45) is 1.30. The molecule has 0 aliphatic rings. The number of aromatic nitrogens is 4. The number of carbonyl (C=O) groups is 1. The van der Waals surface area contributed by atoms with Gasteiger partial charge in [0.15, 0.2) is 5.82 Å². The number of fused-ring (bicyclic) bond motifs is 1. The Balaban J connectivity index is 1.60. The van der Waals surface area contributed by atoms with E-state index in [4.69, 9.17) is 4.74 Å². The molecule has 0 saturated carbocycles. The van der Waals surface area contributed by atoms with Gasteiger partial charge in [-0.2, -0.15) is 4.98 Å². The van der Waals surface area contributed by atoms with Crippen LogP contribution in [0.3, 0.4) is 0 Å². The number of likely N-dealkylation sites (N-methyl/N-ethyl adjacent to an activating group) is 1.